The van der Waals surface area contributed by atoms with Crippen molar-refractivity contribution >= 4 is 28.3 Å². The summed E-state index contributed by atoms with van der Waals surface area (Å²) in [6, 6.07) is 15.5. The maximum Gasteiger partial charge on any atom is 0.253 e. The van der Waals surface area contributed by atoms with Crippen molar-refractivity contribution in [1.82, 2.24) is 14.9 Å². The second-order valence-corrected chi connectivity index (χ2v) is 6.30. The highest BCUT2D eigenvalue weighted by Crippen LogP contribution is 2.23. The molecule has 0 atom stereocenters. The number of hydrogen-bond donors (Lipinski definition) is 1. The molecule has 0 bridgehead atoms. The fraction of sp³-hybridized carbons (Fsp3) is 0.250. The Hall–Kier alpha value is -2.95. The summed E-state index contributed by atoms with van der Waals surface area (Å²) in [7, 11) is 0. The summed E-state index contributed by atoms with van der Waals surface area (Å²) in [5.74, 6) is 0.851. The van der Waals surface area contributed by atoms with Crippen LogP contribution < -0.4 is 5.32 Å². The van der Waals surface area contributed by atoms with Crippen LogP contribution in [0.3, 0.4) is 0 Å². The number of hydrogen-bond acceptors (Lipinski definition) is 4. The van der Waals surface area contributed by atoms with Crippen LogP contribution in [-0.2, 0) is 0 Å². The van der Waals surface area contributed by atoms with Crippen LogP contribution in [0.25, 0.3) is 10.9 Å². The number of fused-ring (bicyclic) bond motifs is 1. The Balaban J connectivity index is 1.60. The zero-order valence-corrected chi connectivity index (χ0v) is 14.0. The molecule has 0 radical (unpaired) electrons. The summed E-state index contributed by atoms with van der Waals surface area (Å²) in [5.41, 5.74) is 2.46. The minimum Gasteiger partial charge on any atom is -0.340 e. The minimum absolute atomic E-state index is 0.107. The number of amides is 1. The van der Waals surface area contributed by atoms with E-state index in [1.165, 1.54) is 6.42 Å². The van der Waals surface area contributed by atoms with Crippen LogP contribution in [0.2, 0.25) is 0 Å². The molecular formula is C20H20N4O. The van der Waals surface area contributed by atoms with Crippen LogP contribution in [0.4, 0.5) is 11.5 Å². The van der Waals surface area contributed by atoms with Gasteiger partial charge in [-0.1, -0.05) is 18.2 Å². The van der Waals surface area contributed by atoms with Gasteiger partial charge in [0.05, 0.1) is 5.52 Å². The summed E-state index contributed by atoms with van der Waals surface area (Å²) < 4.78 is 0. The van der Waals surface area contributed by atoms with Crippen LogP contribution in [0.1, 0.15) is 29.6 Å². The van der Waals surface area contributed by atoms with E-state index in [1.807, 2.05) is 53.4 Å². The summed E-state index contributed by atoms with van der Waals surface area (Å²) in [6.45, 7) is 1.71. The van der Waals surface area contributed by atoms with Crippen LogP contribution in [0.5, 0.6) is 0 Å². The van der Waals surface area contributed by atoms with E-state index in [9.17, 15) is 4.79 Å². The van der Waals surface area contributed by atoms with E-state index in [4.69, 9.17) is 0 Å². The smallest absolute Gasteiger partial charge is 0.253 e. The van der Waals surface area contributed by atoms with Crippen molar-refractivity contribution in [2.45, 2.75) is 19.3 Å². The molecule has 0 aliphatic carbocycles. The van der Waals surface area contributed by atoms with Crippen LogP contribution in [0.15, 0.2) is 54.9 Å². The van der Waals surface area contributed by atoms with Crippen LogP contribution in [0, 0.1) is 0 Å². The summed E-state index contributed by atoms with van der Waals surface area (Å²) >= 11 is 0. The minimum atomic E-state index is 0.107. The quantitative estimate of drug-likeness (QED) is 0.787. The third-order valence-corrected chi connectivity index (χ3v) is 4.56. The largest absolute Gasteiger partial charge is 0.340 e. The third kappa shape index (κ3) is 3.31. The van der Waals surface area contributed by atoms with Gasteiger partial charge >= 0.3 is 0 Å². The lowest BCUT2D eigenvalue weighted by Crippen LogP contribution is -2.35. The fourth-order valence-corrected chi connectivity index (χ4v) is 3.25. The van der Waals surface area contributed by atoms with Gasteiger partial charge in [-0.25, -0.2) is 9.97 Å². The number of para-hydroxylation sites is 1. The highest BCUT2D eigenvalue weighted by molar-refractivity contribution is 5.96. The average Bonchev–Trinajstić information content (AvgIpc) is 2.69. The Kier molecular flexibility index (Phi) is 4.29. The molecular weight excluding hydrogens is 312 g/mol. The van der Waals surface area contributed by atoms with E-state index in [0.717, 1.165) is 48.3 Å². The van der Waals surface area contributed by atoms with Gasteiger partial charge in [-0.3, -0.25) is 4.79 Å². The number of nitrogens with one attached hydrogen (secondary N) is 1. The molecule has 0 unspecified atom stereocenters. The van der Waals surface area contributed by atoms with Gasteiger partial charge in [0, 0.05) is 29.7 Å². The predicted octanol–water partition coefficient (Wildman–Crippen LogP) is 4.00. The second-order valence-electron chi connectivity index (χ2n) is 6.30. The van der Waals surface area contributed by atoms with Crippen molar-refractivity contribution in [3.8, 4) is 0 Å². The molecule has 5 heteroatoms. The first-order valence-corrected chi connectivity index (χ1v) is 8.67. The summed E-state index contributed by atoms with van der Waals surface area (Å²) in [4.78, 5) is 23.3. The maximum atomic E-state index is 12.7. The topological polar surface area (TPSA) is 58.1 Å². The standard InChI is InChI=1S/C20H20N4O/c25-20(24-11-4-1-5-12-24)15-7-6-8-16(13-15)23-19-17-9-2-3-10-18(17)21-14-22-19/h2-3,6-10,13-14H,1,4-5,11-12H2,(H,21,22,23). The first-order chi connectivity index (χ1) is 12.3. The molecule has 5 nitrogen and oxygen atoms in total. The van der Waals surface area contributed by atoms with Gasteiger partial charge in [0.15, 0.2) is 0 Å². The molecule has 3 aromatic rings. The number of carbonyl (C=O) groups excluding carboxylic acids is 1. The molecule has 1 aromatic heterocycles. The normalized spacial score (nSPS) is 14.5. The zero-order valence-electron chi connectivity index (χ0n) is 14.0. The Morgan fingerprint density at radius 1 is 0.960 bits per heavy atom. The number of piperidine rings is 1. The number of rotatable bonds is 3. The molecule has 2 aromatic carbocycles. The van der Waals surface area contributed by atoms with Crippen molar-refractivity contribution in [3.05, 3.63) is 60.4 Å². The van der Waals surface area contributed by atoms with Crippen LogP contribution >= 0.6 is 0 Å². The highest BCUT2D eigenvalue weighted by atomic mass is 16.2. The number of nitrogens with zero attached hydrogens (tertiary/aromatic N) is 3. The van der Waals surface area contributed by atoms with E-state index < -0.39 is 0 Å². The number of carbonyl (C=O) groups is 1. The van der Waals surface area contributed by atoms with E-state index in [-0.39, 0.29) is 5.91 Å². The molecule has 1 amide bonds. The lowest BCUT2D eigenvalue weighted by atomic mass is 10.1. The molecule has 0 spiro atoms. The summed E-state index contributed by atoms with van der Waals surface area (Å²) in [6.07, 6.45) is 4.95. The third-order valence-electron chi connectivity index (χ3n) is 4.56. The number of anilines is 2. The van der Waals surface area contributed by atoms with Gasteiger partial charge in [0.25, 0.3) is 5.91 Å². The van der Waals surface area contributed by atoms with Gasteiger partial charge in [-0.2, -0.15) is 0 Å². The van der Waals surface area contributed by atoms with Gasteiger partial charge in [0.1, 0.15) is 12.1 Å². The van der Waals surface area contributed by atoms with E-state index in [2.05, 4.69) is 15.3 Å². The molecule has 1 aliphatic rings. The number of likely N-dealkylation sites (tertiary alicyclic amines) is 1. The van der Waals surface area contributed by atoms with E-state index in [0.29, 0.717) is 5.56 Å². The zero-order chi connectivity index (χ0) is 17.1. The average molecular weight is 332 g/mol. The Bertz CT molecular complexity index is 898. The number of aromatic nitrogens is 2. The lowest BCUT2D eigenvalue weighted by Gasteiger charge is -2.26. The van der Waals surface area contributed by atoms with Gasteiger partial charge in [-0.05, 0) is 49.6 Å². The monoisotopic (exact) mass is 332 g/mol. The van der Waals surface area contributed by atoms with Crippen molar-refractivity contribution < 1.29 is 4.79 Å². The van der Waals surface area contributed by atoms with Crippen molar-refractivity contribution in [3.63, 3.8) is 0 Å². The Morgan fingerprint density at radius 2 is 1.80 bits per heavy atom. The van der Waals surface area contributed by atoms with Crippen molar-refractivity contribution in [2.24, 2.45) is 0 Å². The van der Waals surface area contributed by atoms with Gasteiger partial charge in [0.2, 0.25) is 0 Å². The molecule has 4 rings (SSSR count). The van der Waals surface area contributed by atoms with Crippen LogP contribution in [-0.4, -0.2) is 33.9 Å². The first kappa shape index (κ1) is 15.6. The molecule has 1 aliphatic heterocycles. The van der Waals surface area contributed by atoms with E-state index in [1.54, 1.807) is 6.33 Å². The maximum absolute atomic E-state index is 12.7. The molecule has 1 saturated heterocycles. The van der Waals surface area contributed by atoms with Gasteiger partial charge in [-0.15, -0.1) is 0 Å². The number of benzene rings is 2. The predicted molar refractivity (Wildman–Crippen MR) is 99.0 cm³/mol. The first-order valence-electron chi connectivity index (χ1n) is 8.67. The molecule has 126 valence electrons. The van der Waals surface area contributed by atoms with Crippen molar-refractivity contribution in [2.75, 3.05) is 18.4 Å². The Morgan fingerprint density at radius 3 is 2.68 bits per heavy atom. The highest BCUT2D eigenvalue weighted by Gasteiger charge is 2.18. The Labute approximate surface area is 146 Å². The second kappa shape index (κ2) is 6.89. The lowest BCUT2D eigenvalue weighted by molar-refractivity contribution is 0.0724. The molecule has 2 heterocycles. The SMILES string of the molecule is O=C(c1cccc(Nc2ncnc3ccccc23)c1)N1CCCCC1. The van der Waals surface area contributed by atoms with E-state index >= 15 is 0 Å². The van der Waals surface area contributed by atoms with Crippen molar-refractivity contribution in [1.29, 1.82) is 0 Å². The molecule has 25 heavy (non-hydrogen) atoms. The van der Waals surface area contributed by atoms with Gasteiger partial charge < -0.3 is 10.2 Å². The molecule has 0 saturated carbocycles. The fourth-order valence-electron chi connectivity index (χ4n) is 3.25. The molecule has 1 N–H and O–H groups in total. The molecule has 1 fully saturated rings. The summed E-state index contributed by atoms with van der Waals surface area (Å²) in [5, 5.41) is 4.28.